The molecule has 3 heteroatoms. The molecule has 1 N–H and O–H groups in total. The SMILES string of the molecule is COCCNCC1CCN(CC(C)C)CC1. The van der Waals surface area contributed by atoms with Crippen LogP contribution in [0.1, 0.15) is 26.7 Å². The molecule has 0 radical (unpaired) electrons. The highest BCUT2D eigenvalue weighted by Gasteiger charge is 2.18. The van der Waals surface area contributed by atoms with E-state index in [-0.39, 0.29) is 0 Å². The Balaban J connectivity index is 2.03. The van der Waals surface area contributed by atoms with Crippen molar-refractivity contribution >= 4 is 0 Å². The smallest absolute Gasteiger partial charge is 0.0587 e. The van der Waals surface area contributed by atoms with E-state index in [0.717, 1.165) is 25.0 Å². The molecule has 0 atom stereocenters. The minimum absolute atomic E-state index is 0.802. The first-order valence-corrected chi connectivity index (χ1v) is 6.64. The Morgan fingerprint density at radius 1 is 1.31 bits per heavy atom. The van der Waals surface area contributed by atoms with Gasteiger partial charge in [-0.15, -0.1) is 0 Å². The van der Waals surface area contributed by atoms with Crippen LogP contribution in [0.3, 0.4) is 0 Å². The van der Waals surface area contributed by atoms with Gasteiger partial charge in [-0.2, -0.15) is 0 Å². The van der Waals surface area contributed by atoms with Crippen molar-refractivity contribution in [1.29, 1.82) is 0 Å². The van der Waals surface area contributed by atoms with Crippen molar-refractivity contribution in [3.05, 3.63) is 0 Å². The lowest BCUT2D eigenvalue weighted by Crippen LogP contribution is -2.39. The largest absolute Gasteiger partial charge is 0.383 e. The predicted molar refractivity (Wildman–Crippen MR) is 68.7 cm³/mol. The molecule has 1 saturated heterocycles. The average Bonchev–Trinajstić information content (AvgIpc) is 2.26. The molecule has 1 fully saturated rings. The third-order valence-electron chi connectivity index (χ3n) is 3.25. The molecule has 0 aromatic rings. The molecule has 0 saturated carbocycles. The summed E-state index contributed by atoms with van der Waals surface area (Å²) in [5.74, 6) is 1.68. The van der Waals surface area contributed by atoms with Crippen molar-refractivity contribution in [1.82, 2.24) is 10.2 Å². The Morgan fingerprint density at radius 2 is 2.00 bits per heavy atom. The maximum absolute atomic E-state index is 5.02. The fourth-order valence-electron chi connectivity index (χ4n) is 2.37. The summed E-state index contributed by atoms with van der Waals surface area (Å²) in [7, 11) is 1.76. The van der Waals surface area contributed by atoms with E-state index in [4.69, 9.17) is 4.74 Å². The minimum Gasteiger partial charge on any atom is -0.383 e. The topological polar surface area (TPSA) is 24.5 Å². The van der Waals surface area contributed by atoms with Gasteiger partial charge in [-0.1, -0.05) is 13.8 Å². The van der Waals surface area contributed by atoms with Crippen molar-refractivity contribution in [3.63, 3.8) is 0 Å². The van der Waals surface area contributed by atoms with Crippen LogP contribution < -0.4 is 5.32 Å². The van der Waals surface area contributed by atoms with Crippen LogP contribution in [0.5, 0.6) is 0 Å². The van der Waals surface area contributed by atoms with Crippen molar-refractivity contribution in [3.8, 4) is 0 Å². The zero-order valence-electron chi connectivity index (χ0n) is 11.2. The fourth-order valence-corrected chi connectivity index (χ4v) is 2.37. The molecule has 0 bridgehead atoms. The molecule has 0 unspecified atom stereocenters. The number of rotatable bonds is 7. The quantitative estimate of drug-likeness (QED) is 0.670. The molecule has 1 aliphatic rings. The predicted octanol–water partition coefficient (Wildman–Crippen LogP) is 1.59. The third-order valence-corrected chi connectivity index (χ3v) is 3.25. The number of likely N-dealkylation sites (tertiary alicyclic amines) is 1. The van der Waals surface area contributed by atoms with Gasteiger partial charge >= 0.3 is 0 Å². The number of nitrogens with zero attached hydrogens (tertiary/aromatic N) is 1. The molecule has 0 amide bonds. The number of nitrogens with one attached hydrogen (secondary N) is 1. The van der Waals surface area contributed by atoms with Crippen molar-refractivity contribution in [2.24, 2.45) is 11.8 Å². The van der Waals surface area contributed by atoms with E-state index < -0.39 is 0 Å². The maximum Gasteiger partial charge on any atom is 0.0587 e. The molecule has 0 spiro atoms. The summed E-state index contributed by atoms with van der Waals surface area (Å²) in [6, 6.07) is 0. The minimum atomic E-state index is 0.802. The van der Waals surface area contributed by atoms with Gasteiger partial charge in [0.2, 0.25) is 0 Å². The third kappa shape index (κ3) is 5.83. The first-order chi connectivity index (χ1) is 7.72. The lowest BCUT2D eigenvalue weighted by Gasteiger charge is -2.33. The Labute approximate surface area is 101 Å². The maximum atomic E-state index is 5.02. The molecule has 1 rings (SSSR count). The van der Waals surface area contributed by atoms with Crippen LogP contribution in [0, 0.1) is 11.8 Å². The van der Waals surface area contributed by atoms with Crippen LogP contribution >= 0.6 is 0 Å². The molecule has 16 heavy (non-hydrogen) atoms. The molecule has 0 aromatic carbocycles. The highest BCUT2D eigenvalue weighted by atomic mass is 16.5. The number of ether oxygens (including phenoxy) is 1. The second-order valence-electron chi connectivity index (χ2n) is 5.33. The monoisotopic (exact) mass is 228 g/mol. The first-order valence-electron chi connectivity index (χ1n) is 6.64. The first kappa shape index (κ1) is 13.9. The summed E-state index contributed by atoms with van der Waals surface area (Å²) in [6.45, 7) is 11.4. The lowest BCUT2D eigenvalue weighted by molar-refractivity contribution is 0.161. The van der Waals surface area contributed by atoms with Gasteiger partial charge in [-0.3, -0.25) is 0 Å². The zero-order chi connectivity index (χ0) is 11.8. The summed E-state index contributed by atoms with van der Waals surface area (Å²) in [5, 5.41) is 3.47. The Hall–Kier alpha value is -0.120. The molecule has 3 nitrogen and oxygen atoms in total. The highest BCUT2D eigenvalue weighted by molar-refractivity contribution is 4.74. The fraction of sp³-hybridized carbons (Fsp3) is 1.00. The Morgan fingerprint density at radius 3 is 2.56 bits per heavy atom. The van der Waals surface area contributed by atoms with E-state index in [1.54, 1.807) is 7.11 Å². The summed E-state index contributed by atoms with van der Waals surface area (Å²) < 4.78 is 5.02. The van der Waals surface area contributed by atoms with Crippen LogP contribution in [0.15, 0.2) is 0 Å². The summed E-state index contributed by atoms with van der Waals surface area (Å²) in [4.78, 5) is 2.61. The van der Waals surface area contributed by atoms with Gasteiger partial charge in [0.05, 0.1) is 6.61 Å². The molecular formula is C13H28N2O. The van der Waals surface area contributed by atoms with E-state index >= 15 is 0 Å². The van der Waals surface area contributed by atoms with Gasteiger partial charge in [-0.25, -0.2) is 0 Å². The van der Waals surface area contributed by atoms with E-state index in [1.165, 1.54) is 39.0 Å². The van der Waals surface area contributed by atoms with Gasteiger partial charge < -0.3 is 15.0 Å². The standard InChI is InChI=1S/C13H28N2O/c1-12(2)11-15-7-4-13(5-8-15)10-14-6-9-16-3/h12-14H,4-11H2,1-3H3. The Bertz CT molecular complexity index is 165. The normalized spacial score (nSPS) is 19.5. The van der Waals surface area contributed by atoms with E-state index in [1.807, 2.05) is 0 Å². The van der Waals surface area contributed by atoms with Gasteiger partial charge in [-0.05, 0) is 44.3 Å². The van der Waals surface area contributed by atoms with Gasteiger partial charge in [0.25, 0.3) is 0 Å². The second kappa shape index (κ2) is 8.04. The van der Waals surface area contributed by atoms with E-state index in [9.17, 15) is 0 Å². The molecule has 0 aliphatic carbocycles. The van der Waals surface area contributed by atoms with Crippen molar-refractivity contribution in [2.75, 3.05) is 46.4 Å². The molecule has 1 aliphatic heterocycles. The lowest BCUT2D eigenvalue weighted by atomic mass is 9.96. The Kier molecular flexibility index (Phi) is 7.01. The van der Waals surface area contributed by atoms with E-state index in [2.05, 4.69) is 24.1 Å². The van der Waals surface area contributed by atoms with Crippen LogP contribution in [0.25, 0.3) is 0 Å². The number of piperidine rings is 1. The number of hydrogen-bond acceptors (Lipinski definition) is 3. The second-order valence-corrected chi connectivity index (χ2v) is 5.33. The summed E-state index contributed by atoms with van der Waals surface area (Å²) >= 11 is 0. The van der Waals surface area contributed by atoms with Crippen LogP contribution in [0.4, 0.5) is 0 Å². The molecular weight excluding hydrogens is 200 g/mol. The molecule has 96 valence electrons. The summed E-state index contributed by atoms with van der Waals surface area (Å²) in [5.41, 5.74) is 0. The number of methoxy groups -OCH3 is 1. The molecule has 1 heterocycles. The molecule has 0 aromatic heterocycles. The van der Waals surface area contributed by atoms with Gasteiger partial charge in [0.15, 0.2) is 0 Å². The van der Waals surface area contributed by atoms with Gasteiger partial charge in [0, 0.05) is 20.2 Å². The van der Waals surface area contributed by atoms with Crippen LogP contribution in [-0.2, 0) is 4.74 Å². The van der Waals surface area contributed by atoms with Crippen LogP contribution in [0.2, 0.25) is 0 Å². The summed E-state index contributed by atoms with van der Waals surface area (Å²) in [6.07, 6.45) is 2.71. The van der Waals surface area contributed by atoms with Crippen molar-refractivity contribution < 1.29 is 4.74 Å². The van der Waals surface area contributed by atoms with Crippen LogP contribution in [-0.4, -0.2) is 51.3 Å². The highest BCUT2D eigenvalue weighted by Crippen LogP contribution is 2.17. The van der Waals surface area contributed by atoms with Gasteiger partial charge in [0.1, 0.15) is 0 Å². The zero-order valence-corrected chi connectivity index (χ0v) is 11.2. The number of hydrogen-bond donors (Lipinski definition) is 1. The average molecular weight is 228 g/mol. The van der Waals surface area contributed by atoms with Crippen molar-refractivity contribution in [2.45, 2.75) is 26.7 Å². The van der Waals surface area contributed by atoms with E-state index in [0.29, 0.717) is 0 Å².